The molecule has 0 spiro atoms. The van der Waals surface area contributed by atoms with Gasteiger partial charge in [0.2, 0.25) is 0 Å². The van der Waals surface area contributed by atoms with Gasteiger partial charge in [0.1, 0.15) is 11.5 Å². The number of hydrogen-bond acceptors (Lipinski definition) is 2. The molecule has 5 heteroatoms. The van der Waals surface area contributed by atoms with Crippen molar-refractivity contribution in [3.63, 3.8) is 0 Å². The molecule has 0 aliphatic rings. The van der Waals surface area contributed by atoms with Gasteiger partial charge in [-0.2, -0.15) is 0 Å². The van der Waals surface area contributed by atoms with Crippen molar-refractivity contribution in [3.05, 3.63) is 46.1 Å². The Morgan fingerprint density at radius 1 is 1.28 bits per heavy atom. The fourth-order valence-corrected chi connectivity index (χ4v) is 1.81. The van der Waals surface area contributed by atoms with Crippen molar-refractivity contribution in [2.24, 2.45) is 7.05 Å². The van der Waals surface area contributed by atoms with E-state index in [1.807, 2.05) is 0 Å². The molecule has 0 bridgehead atoms. The number of amides is 1. The number of hydrogen-bond donors (Lipinski definition) is 0. The smallest absolute Gasteiger partial charge is 0.270 e. The van der Waals surface area contributed by atoms with Gasteiger partial charge in [-0.05, 0) is 23.6 Å². The summed E-state index contributed by atoms with van der Waals surface area (Å²) in [4.78, 5) is 25.4. The highest BCUT2D eigenvalue weighted by atomic mass is 19.1. The minimum absolute atomic E-state index is 0.263. The van der Waals surface area contributed by atoms with E-state index in [0.29, 0.717) is 5.39 Å². The molecule has 2 aromatic rings. The Bertz CT molecular complexity index is 689. The van der Waals surface area contributed by atoms with Gasteiger partial charge in [0, 0.05) is 21.1 Å². The first-order valence-electron chi connectivity index (χ1n) is 5.43. The first-order valence-corrected chi connectivity index (χ1v) is 5.43. The second kappa shape index (κ2) is 4.25. The minimum atomic E-state index is -0.466. The van der Waals surface area contributed by atoms with Crippen molar-refractivity contribution in [3.8, 4) is 0 Å². The molecule has 0 aliphatic heterocycles. The molecule has 0 aliphatic carbocycles. The highest BCUT2D eigenvalue weighted by Gasteiger charge is 2.14. The number of carbonyl (C=O) groups excluding carboxylic acids is 1. The molecule has 1 heterocycles. The maximum absolute atomic E-state index is 13.1. The Labute approximate surface area is 103 Å². The van der Waals surface area contributed by atoms with E-state index < -0.39 is 5.82 Å². The first-order chi connectivity index (χ1) is 8.41. The van der Waals surface area contributed by atoms with Crippen LogP contribution < -0.4 is 5.56 Å². The summed E-state index contributed by atoms with van der Waals surface area (Å²) < 4.78 is 14.4. The van der Waals surface area contributed by atoms with Crippen molar-refractivity contribution in [1.29, 1.82) is 0 Å². The predicted octanol–water partition coefficient (Wildman–Crippen LogP) is 1.38. The minimum Gasteiger partial charge on any atom is -0.343 e. The number of fused-ring (bicyclic) bond motifs is 1. The van der Waals surface area contributed by atoms with Gasteiger partial charge in [-0.25, -0.2) is 4.39 Å². The van der Waals surface area contributed by atoms with Crippen LogP contribution in [-0.4, -0.2) is 29.5 Å². The largest absolute Gasteiger partial charge is 0.343 e. The highest BCUT2D eigenvalue weighted by molar-refractivity contribution is 5.96. The lowest BCUT2D eigenvalue weighted by molar-refractivity contribution is 0.0817. The second-order valence-electron chi connectivity index (χ2n) is 4.32. The van der Waals surface area contributed by atoms with Gasteiger partial charge in [0.05, 0.1) is 5.39 Å². The van der Waals surface area contributed by atoms with Gasteiger partial charge in [0.25, 0.3) is 11.5 Å². The molecule has 0 fully saturated rings. The molecular weight excluding hydrogens is 235 g/mol. The summed E-state index contributed by atoms with van der Waals surface area (Å²) in [6.07, 6.45) is 0. The molecule has 0 saturated carbocycles. The molecule has 94 valence electrons. The Kier molecular flexibility index (Phi) is 2.90. The van der Waals surface area contributed by atoms with E-state index in [0.717, 1.165) is 0 Å². The van der Waals surface area contributed by atoms with Crippen LogP contribution in [0.3, 0.4) is 0 Å². The van der Waals surface area contributed by atoms with Crippen LogP contribution >= 0.6 is 0 Å². The van der Waals surface area contributed by atoms with Crippen molar-refractivity contribution < 1.29 is 9.18 Å². The molecule has 0 N–H and O–H groups in total. The topological polar surface area (TPSA) is 42.3 Å². The fraction of sp³-hybridized carbons (Fsp3) is 0.231. The van der Waals surface area contributed by atoms with E-state index in [-0.39, 0.29) is 22.5 Å². The predicted molar refractivity (Wildman–Crippen MR) is 67.2 cm³/mol. The maximum atomic E-state index is 13.1. The molecule has 0 radical (unpaired) electrons. The Morgan fingerprint density at radius 3 is 2.56 bits per heavy atom. The first kappa shape index (κ1) is 12.3. The normalized spacial score (nSPS) is 10.7. The van der Waals surface area contributed by atoms with E-state index in [1.165, 1.54) is 34.7 Å². The number of pyridine rings is 1. The van der Waals surface area contributed by atoms with E-state index in [9.17, 15) is 14.0 Å². The lowest BCUT2D eigenvalue weighted by atomic mass is 10.1. The number of rotatable bonds is 1. The van der Waals surface area contributed by atoms with Crippen LogP contribution in [0.4, 0.5) is 4.39 Å². The lowest BCUT2D eigenvalue weighted by Gasteiger charge is -2.14. The van der Waals surface area contributed by atoms with Gasteiger partial charge in [0.15, 0.2) is 0 Å². The maximum Gasteiger partial charge on any atom is 0.270 e. The van der Waals surface area contributed by atoms with Crippen LogP contribution in [0, 0.1) is 5.82 Å². The SMILES string of the molecule is CN(C)C(=O)c1cc2ccc(F)cc2c(=O)n1C. The summed E-state index contributed by atoms with van der Waals surface area (Å²) in [5.74, 6) is -0.730. The molecule has 1 amide bonds. The standard InChI is InChI=1S/C13H13FN2O2/c1-15(2)13(18)11-6-8-4-5-9(14)7-10(8)12(17)16(11)3/h4-7H,1-3H3. The van der Waals surface area contributed by atoms with Gasteiger partial charge < -0.3 is 9.47 Å². The third-order valence-corrected chi connectivity index (χ3v) is 2.83. The zero-order valence-corrected chi connectivity index (χ0v) is 10.4. The average molecular weight is 248 g/mol. The molecule has 18 heavy (non-hydrogen) atoms. The molecular formula is C13H13FN2O2. The number of carbonyl (C=O) groups is 1. The number of aromatic nitrogens is 1. The average Bonchev–Trinajstić information content (AvgIpc) is 2.33. The van der Waals surface area contributed by atoms with Gasteiger partial charge in [-0.15, -0.1) is 0 Å². The molecule has 1 aromatic carbocycles. The van der Waals surface area contributed by atoms with Crippen molar-refractivity contribution in [2.75, 3.05) is 14.1 Å². The summed E-state index contributed by atoms with van der Waals surface area (Å²) in [5.41, 5.74) is -0.0960. The van der Waals surface area contributed by atoms with Crippen LogP contribution in [0.15, 0.2) is 29.1 Å². The lowest BCUT2D eigenvalue weighted by Crippen LogP contribution is -2.30. The summed E-state index contributed by atoms with van der Waals surface area (Å²) in [6.45, 7) is 0. The summed E-state index contributed by atoms with van der Waals surface area (Å²) in [6, 6.07) is 5.55. The van der Waals surface area contributed by atoms with Crippen LogP contribution in [0.5, 0.6) is 0 Å². The third kappa shape index (κ3) is 1.88. The Hall–Kier alpha value is -2.17. The molecule has 0 atom stereocenters. The highest BCUT2D eigenvalue weighted by Crippen LogP contribution is 2.14. The van der Waals surface area contributed by atoms with Crippen molar-refractivity contribution in [2.45, 2.75) is 0 Å². The summed E-state index contributed by atoms with van der Waals surface area (Å²) in [7, 11) is 4.73. The van der Waals surface area contributed by atoms with Gasteiger partial charge in [-0.1, -0.05) is 6.07 Å². The zero-order chi connectivity index (χ0) is 13.4. The van der Waals surface area contributed by atoms with Crippen LogP contribution in [0.2, 0.25) is 0 Å². The van der Waals surface area contributed by atoms with Crippen LogP contribution in [0.25, 0.3) is 10.8 Å². The van der Waals surface area contributed by atoms with Gasteiger partial charge in [-0.3, -0.25) is 9.59 Å². The van der Waals surface area contributed by atoms with E-state index in [4.69, 9.17) is 0 Å². The second-order valence-corrected chi connectivity index (χ2v) is 4.32. The number of halogens is 1. The van der Waals surface area contributed by atoms with Crippen LogP contribution in [-0.2, 0) is 7.05 Å². The van der Waals surface area contributed by atoms with Gasteiger partial charge >= 0.3 is 0 Å². The van der Waals surface area contributed by atoms with E-state index >= 15 is 0 Å². The number of benzene rings is 1. The Morgan fingerprint density at radius 2 is 1.94 bits per heavy atom. The van der Waals surface area contributed by atoms with E-state index in [2.05, 4.69) is 0 Å². The zero-order valence-electron chi connectivity index (χ0n) is 10.4. The van der Waals surface area contributed by atoms with Crippen LogP contribution in [0.1, 0.15) is 10.5 Å². The Balaban J connectivity index is 2.80. The monoisotopic (exact) mass is 248 g/mol. The van der Waals surface area contributed by atoms with Crippen molar-refractivity contribution in [1.82, 2.24) is 9.47 Å². The summed E-state index contributed by atoms with van der Waals surface area (Å²) in [5, 5.41) is 0.831. The molecule has 0 unspecified atom stereocenters. The quantitative estimate of drug-likeness (QED) is 0.765. The third-order valence-electron chi connectivity index (χ3n) is 2.83. The van der Waals surface area contributed by atoms with Crippen molar-refractivity contribution >= 4 is 16.7 Å². The summed E-state index contributed by atoms with van der Waals surface area (Å²) >= 11 is 0. The molecule has 0 saturated heterocycles. The molecule has 2 rings (SSSR count). The fourth-order valence-electron chi connectivity index (χ4n) is 1.81. The molecule has 1 aromatic heterocycles. The molecule has 4 nitrogen and oxygen atoms in total. The number of nitrogens with zero attached hydrogens (tertiary/aromatic N) is 2. The van der Waals surface area contributed by atoms with E-state index in [1.54, 1.807) is 20.2 Å².